The Morgan fingerprint density at radius 3 is 2.90 bits per heavy atom. The zero-order valence-electron chi connectivity index (χ0n) is 6.64. The Morgan fingerprint density at radius 2 is 2.30 bits per heavy atom. The van der Waals surface area contributed by atoms with Crippen LogP contribution in [0.5, 0.6) is 0 Å². The Kier molecular flexibility index (Phi) is 4.72. The van der Waals surface area contributed by atoms with Crippen LogP contribution in [0.25, 0.3) is 0 Å². The summed E-state index contributed by atoms with van der Waals surface area (Å²) in [7, 11) is 0. The maximum absolute atomic E-state index is 2.28. The van der Waals surface area contributed by atoms with Crippen LogP contribution in [0.2, 0.25) is 0 Å². The third-order valence-corrected chi connectivity index (χ3v) is 4.68. The molecule has 0 amide bonds. The molecule has 1 fully saturated rings. The summed E-state index contributed by atoms with van der Waals surface area (Å²) in [5.41, 5.74) is 0. The van der Waals surface area contributed by atoms with Crippen LogP contribution in [0.1, 0.15) is 26.2 Å². The SMILES string of the molecule is CCCCC1CSCCS1. The van der Waals surface area contributed by atoms with Gasteiger partial charge in [-0.3, -0.25) is 0 Å². The molecule has 0 bridgehead atoms. The largest absolute Gasteiger partial charge is 0.160 e. The highest BCUT2D eigenvalue weighted by Crippen LogP contribution is 2.27. The Balaban J connectivity index is 2.02. The second-order valence-corrected chi connectivity index (χ2v) is 5.27. The number of hydrogen-bond donors (Lipinski definition) is 0. The van der Waals surface area contributed by atoms with Crippen molar-refractivity contribution in [3.8, 4) is 0 Å². The maximum Gasteiger partial charge on any atom is 0.0138 e. The highest BCUT2D eigenvalue weighted by atomic mass is 32.2. The Hall–Kier alpha value is 0.700. The van der Waals surface area contributed by atoms with Gasteiger partial charge < -0.3 is 0 Å². The molecule has 0 N–H and O–H groups in total. The topological polar surface area (TPSA) is 0 Å². The fourth-order valence-corrected chi connectivity index (χ4v) is 3.93. The van der Waals surface area contributed by atoms with E-state index in [0.717, 1.165) is 5.25 Å². The van der Waals surface area contributed by atoms with Gasteiger partial charge in [0.2, 0.25) is 0 Å². The number of rotatable bonds is 3. The van der Waals surface area contributed by atoms with Crippen molar-refractivity contribution < 1.29 is 0 Å². The molecule has 1 saturated heterocycles. The molecule has 0 saturated carbocycles. The van der Waals surface area contributed by atoms with Crippen LogP contribution in [0.4, 0.5) is 0 Å². The fraction of sp³-hybridized carbons (Fsp3) is 1.00. The van der Waals surface area contributed by atoms with Crippen LogP contribution < -0.4 is 0 Å². The monoisotopic (exact) mass is 176 g/mol. The lowest BCUT2D eigenvalue weighted by Crippen LogP contribution is -2.13. The summed E-state index contributed by atoms with van der Waals surface area (Å²) in [5.74, 6) is 4.18. The molecule has 0 aromatic carbocycles. The molecule has 1 aliphatic rings. The number of thioether (sulfide) groups is 2. The van der Waals surface area contributed by atoms with E-state index in [-0.39, 0.29) is 0 Å². The van der Waals surface area contributed by atoms with Crippen molar-refractivity contribution in [1.29, 1.82) is 0 Å². The summed E-state index contributed by atoms with van der Waals surface area (Å²) < 4.78 is 0. The van der Waals surface area contributed by atoms with E-state index in [1.165, 1.54) is 36.5 Å². The van der Waals surface area contributed by atoms with E-state index < -0.39 is 0 Å². The number of hydrogen-bond acceptors (Lipinski definition) is 2. The molecule has 1 heterocycles. The van der Waals surface area contributed by atoms with E-state index in [4.69, 9.17) is 0 Å². The van der Waals surface area contributed by atoms with Gasteiger partial charge in [-0.05, 0) is 6.42 Å². The average Bonchev–Trinajstić information content (AvgIpc) is 2.03. The van der Waals surface area contributed by atoms with Gasteiger partial charge in [0.15, 0.2) is 0 Å². The number of unbranched alkanes of at least 4 members (excludes halogenated alkanes) is 1. The molecule has 60 valence electrons. The normalized spacial score (nSPS) is 26.7. The van der Waals surface area contributed by atoms with Crippen LogP contribution in [0, 0.1) is 0 Å². The van der Waals surface area contributed by atoms with Crippen LogP contribution in [0.15, 0.2) is 0 Å². The predicted molar refractivity (Wildman–Crippen MR) is 53.1 cm³/mol. The Bertz CT molecular complexity index is 77.3. The quantitative estimate of drug-likeness (QED) is 0.648. The molecule has 0 spiro atoms. The lowest BCUT2D eigenvalue weighted by Gasteiger charge is -2.20. The molecule has 0 radical (unpaired) electrons. The summed E-state index contributed by atoms with van der Waals surface area (Å²) >= 11 is 4.31. The van der Waals surface area contributed by atoms with Crippen molar-refractivity contribution in [1.82, 2.24) is 0 Å². The van der Waals surface area contributed by atoms with Crippen molar-refractivity contribution >= 4 is 23.5 Å². The molecule has 0 nitrogen and oxygen atoms in total. The van der Waals surface area contributed by atoms with Gasteiger partial charge in [0.25, 0.3) is 0 Å². The highest BCUT2D eigenvalue weighted by molar-refractivity contribution is 8.06. The summed E-state index contributed by atoms with van der Waals surface area (Å²) in [4.78, 5) is 0. The van der Waals surface area contributed by atoms with Crippen LogP contribution in [-0.2, 0) is 0 Å². The van der Waals surface area contributed by atoms with Crippen molar-refractivity contribution in [2.75, 3.05) is 17.3 Å². The molecular weight excluding hydrogens is 160 g/mol. The first-order valence-corrected chi connectivity index (χ1v) is 6.33. The van der Waals surface area contributed by atoms with Crippen molar-refractivity contribution in [3.63, 3.8) is 0 Å². The Morgan fingerprint density at radius 1 is 1.40 bits per heavy atom. The predicted octanol–water partition coefficient (Wildman–Crippen LogP) is 3.03. The minimum Gasteiger partial charge on any atom is -0.160 e. The summed E-state index contributed by atoms with van der Waals surface area (Å²) in [5, 5.41) is 0.985. The first kappa shape index (κ1) is 8.79. The van der Waals surface area contributed by atoms with E-state index in [9.17, 15) is 0 Å². The average molecular weight is 176 g/mol. The Labute approximate surface area is 72.5 Å². The lowest BCUT2D eigenvalue weighted by molar-refractivity contribution is 0.716. The summed E-state index contributed by atoms with van der Waals surface area (Å²) in [6, 6.07) is 0. The summed E-state index contributed by atoms with van der Waals surface area (Å²) in [6.45, 7) is 2.28. The van der Waals surface area contributed by atoms with E-state index in [1.807, 2.05) is 0 Å². The molecule has 0 aromatic heterocycles. The zero-order valence-corrected chi connectivity index (χ0v) is 8.27. The maximum atomic E-state index is 2.28. The van der Waals surface area contributed by atoms with E-state index in [0.29, 0.717) is 0 Å². The zero-order chi connectivity index (χ0) is 7.23. The molecule has 1 rings (SSSR count). The van der Waals surface area contributed by atoms with Gasteiger partial charge in [-0.15, -0.1) is 0 Å². The molecular formula is C8H16S2. The van der Waals surface area contributed by atoms with Gasteiger partial charge in [-0.1, -0.05) is 19.8 Å². The van der Waals surface area contributed by atoms with E-state index in [1.54, 1.807) is 0 Å². The second kappa shape index (κ2) is 5.36. The van der Waals surface area contributed by atoms with Crippen LogP contribution in [-0.4, -0.2) is 22.5 Å². The summed E-state index contributed by atoms with van der Waals surface area (Å²) in [6.07, 6.45) is 4.24. The van der Waals surface area contributed by atoms with Crippen molar-refractivity contribution in [2.45, 2.75) is 31.4 Å². The molecule has 1 atom stereocenters. The molecule has 1 aliphatic heterocycles. The van der Waals surface area contributed by atoms with Gasteiger partial charge in [0.05, 0.1) is 0 Å². The van der Waals surface area contributed by atoms with Gasteiger partial charge in [0.1, 0.15) is 0 Å². The molecule has 2 heteroatoms. The van der Waals surface area contributed by atoms with Gasteiger partial charge in [-0.25, -0.2) is 0 Å². The molecule has 10 heavy (non-hydrogen) atoms. The van der Waals surface area contributed by atoms with Gasteiger partial charge >= 0.3 is 0 Å². The second-order valence-electron chi connectivity index (χ2n) is 2.71. The third-order valence-electron chi connectivity index (χ3n) is 1.76. The van der Waals surface area contributed by atoms with Crippen LogP contribution in [0.3, 0.4) is 0 Å². The first-order chi connectivity index (χ1) is 4.93. The molecule has 1 unspecified atom stereocenters. The minimum atomic E-state index is 0.985. The van der Waals surface area contributed by atoms with Crippen molar-refractivity contribution in [2.24, 2.45) is 0 Å². The van der Waals surface area contributed by atoms with Crippen LogP contribution >= 0.6 is 23.5 Å². The van der Waals surface area contributed by atoms with Crippen molar-refractivity contribution in [3.05, 3.63) is 0 Å². The molecule has 0 aliphatic carbocycles. The third kappa shape index (κ3) is 3.20. The van der Waals surface area contributed by atoms with Gasteiger partial charge in [-0.2, -0.15) is 23.5 Å². The highest BCUT2D eigenvalue weighted by Gasteiger charge is 2.12. The smallest absolute Gasteiger partial charge is 0.0138 e. The first-order valence-electron chi connectivity index (χ1n) is 4.13. The van der Waals surface area contributed by atoms with E-state index >= 15 is 0 Å². The standard InChI is InChI=1S/C8H16S2/c1-2-3-4-8-7-9-5-6-10-8/h8H,2-7H2,1H3. The minimum absolute atomic E-state index is 0.985. The lowest BCUT2D eigenvalue weighted by atomic mass is 10.2. The van der Waals surface area contributed by atoms with E-state index in [2.05, 4.69) is 30.4 Å². The molecule has 0 aromatic rings. The van der Waals surface area contributed by atoms with Gasteiger partial charge in [0, 0.05) is 22.5 Å². The fourth-order valence-electron chi connectivity index (χ4n) is 1.14.